The smallest absolute Gasteiger partial charge is 0.176 e. The van der Waals surface area contributed by atoms with E-state index in [1.54, 1.807) is 0 Å². The second kappa shape index (κ2) is 3.56. The Balaban J connectivity index is 2.49. The number of rotatable bonds is 2. The molecular formula is C12H14N+. The highest BCUT2D eigenvalue weighted by molar-refractivity contribution is 5.80. The van der Waals surface area contributed by atoms with E-state index >= 15 is 0 Å². The maximum absolute atomic E-state index is 2.24. The van der Waals surface area contributed by atoms with Crippen molar-refractivity contribution in [3.63, 3.8) is 0 Å². The average Bonchev–Trinajstić information content (AvgIpc) is 2.18. The summed E-state index contributed by atoms with van der Waals surface area (Å²) in [6.45, 7) is 3.30. The molecule has 2 rings (SSSR count). The van der Waals surface area contributed by atoms with Gasteiger partial charge in [-0.05, 0) is 11.5 Å². The van der Waals surface area contributed by atoms with Gasteiger partial charge in [0, 0.05) is 17.9 Å². The maximum Gasteiger partial charge on any atom is 0.176 e. The third kappa shape index (κ3) is 1.69. The van der Waals surface area contributed by atoms with Crippen molar-refractivity contribution in [1.82, 2.24) is 0 Å². The van der Waals surface area contributed by atoms with Crippen LogP contribution in [0.2, 0.25) is 0 Å². The summed E-state index contributed by atoms with van der Waals surface area (Å²) in [7, 11) is 0. The molecule has 0 aliphatic carbocycles. The minimum atomic E-state index is 1.10. The molecule has 0 atom stereocenters. The Morgan fingerprint density at radius 3 is 2.62 bits per heavy atom. The normalized spacial score (nSPS) is 10.5. The second-order valence-electron chi connectivity index (χ2n) is 3.31. The fourth-order valence-corrected chi connectivity index (χ4v) is 1.58. The Morgan fingerprint density at radius 1 is 1.08 bits per heavy atom. The first-order valence-corrected chi connectivity index (χ1v) is 4.78. The first kappa shape index (κ1) is 8.24. The highest BCUT2D eigenvalue weighted by atomic mass is 14.9. The van der Waals surface area contributed by atoms with Gasteiger partial charge in [0.25, 0.3) is 0 Å². The lowest BCUT2D eigenvalue weighted by molar-refractivity contribution is -0.695. The number of aryl methyl sites for hydroxylation is 1. The van der Waals surface area contributed by atoms with Gasteiger partial charge in [-0.15, -0.1) is 0 Å². The molecule has 1 heteroatoms. The minimum absolute atomic E-state index is 1.10. The fraction of sp³-hybridized carbons (Fsp3) is 0.250. The lowest BCUT2D eigenvalue weighted by atomic mass is 10.2. The minimum Gasteiger partial charge on any atom is -0.205 e. The molecule has 0 saturated heterocycles. The molecule has 0 spiro atoms. The van der Waals surface area contributed by atoms with Gasteiger partial charge in [0.15, 0.2) is 12.4 Å². The molecule has 0 bridgehead atoms. The molecule has 0 unspecified atom stereocenters. The standard InChI is InChI=1S/C12H14N/c1-2-8-13-9-7-11-5-3-4-6-12(11)10-13/h3-7,9-10H,2,8H2,1H3/q+1. The molecule has 2 aromatic rings. The first-order chi connectivity index (χ1) is 6.40. The van der Waals surface area contributed by atoms with E-state index < -0.39 is 0 Å². The number of fused-ring (bicyclic) bond motifs is 1. The molecule has 1 aromatic carbocycles. The van der Waals surface area contributed by atoms with Crippen molar-refractivity contribution in [1.29, 1.82) is 0 Å². The fourth-order valence-electron chi connectivity index (χ4n) is 1.58. The molecule has 0 radical (unpaired) electrons. The zero-order valence-electron chi connectivity index (χ0n) is 7.90. The van der Waals surface area contributed by atoms with E-state index in [2.05, 4.69) is 54.2 Å². The van der Waals surface area contributed by atoms with E-state index in [-0.39, 0.29) is 0 Å². The van der Waals surface area contributed by atoms with Crippen molar-refractivity contribution in [2.75, 3.05) is 0 Å². The molecule has 0 N–H and O–H groups in total. The number of hydrogen-bond donors (Lipinski definition) is 0. The van der Waals surface area contributed by atoms with Crippen molar-refractivity contribution in [3.05, 3.63) is 42.7 Å². The quantitative estimate of drug-likeness (QED) is 0.613. The van der Waals surface area contributed by atoms with Gasteiger partial charge < -0.3 is 0 Å². The van der Waals surface area contributed by atoms with Crippen LogP contribution in [-0.4, -0.2) is 0 Å². The third-order valence-corrected chi connectivity index (χ3v) is 2.23. The highest BCUT2D eigenvalue weighted by Gasteiger charge is 1.99. The Hall–Kier alpha value is -1.37. The van der Waals surface area contributed by atoms with E-state index in [4.69, 9.17) is 0 Å². The summed E-state index contributed by atoms with van der Waals surface area (Å²) in [6.07, 6.45) is 5.54. The zero-order chi connectivity index (χ0) is 9.10. The summed E-state index contributed by atoms with van der Waals surface area (Å²) in [5.41, 5.74) is 0. The summed E-state index contributed by atoms with van der Waals surface area (Å²) in [5, 5.41) is 2.63. The van der Waals surface area contributed by atoms with Crippen LogP contribution in [0.15, 0.2) is 42.7 Å². The Morgan fingerprint density at radius 2 is 1.85 bits per heavy atom. The van der Waals surface area contributed by atoms with E-state index in [1.165, 1.54) is 17.2 Å². The van der Waals surface area contributed by atoms with Crippen molar-refractivity contribution >= 4 is 10.8 Å². The molecule has 1 aromatic heterocycles. The van der Waals surface area contributed by atoms with E-state index in [9.17, 15) is 0 Å². The second-order valence-corrected chi connectivity index (χ2v) is 3.31. The van der Waals surface area contributed by atoms with Gasteiger partial charge in [-0.25, -0.2) is 4.57 Å². The van der Waals surface area contributed by atoms with Crippen LogP contribution >= 0.6 is 0 Å². The van der Waals surface area contributed by atoms with Crippen LogP contribution in [0, 0.1) is 0 Å². The van der Waals surface area contributed by atoms with Gasteiger partial charge in [0.1, 0.15) is 6.54 Å². The lowest BCUT2D eigenvalue weighted by Crippen LogP contribution is -2.31. The van der Waals surface area contributed by atoms with Crippen LogP contribution in [-0.2, 0) is 6.54 Å². The largest absolute Gasteiger partial charge is 0.205 e. The average molecular weight is 172 g/mol. The molecule has 0 saturated carbocycles. The summed E-state index contributed by atoms with van der Waals surface area (Å²) in [5.74, 6) is 0. The summed E-state index contributed by atoms with van der Waals surface area (Å²) < 4.78 is 2.24. The molecule has 1 heterocycles. The van der Waals surface area contributed by atoms with Crippen molar-refractivity contribution in [2.45, 2.75) is 19.9 Å². The monoisotopic (exact) mass is 172 g/mol. The maximum atomic E-state index is 2.24. The number of hydrogen-bond acceptors (Lipinski definition) is 0. The van der Waals surface area contributed by atoms with E-state index in [0.717, 1.165) is 6.54 Å². The van der Waals surface area contributed by atoms with Crippen molar-refractivity contribution < 1.29 is 4.57 Å². The summed E-state index contributed by atoms with van der Waals surface area (Å²) >= 11 is 0. The summed E-state index contributed by atoms with van der Waals surface area (Å²) in [4.78, 5) is 0. The third-order valence-electron chi connectivity index (χ3n) is 2.23. The van der Waals surface area contributed by atoms with Crippen LogP contribution in [0.5, 0.6) is 0 Å². The lowest BCUT2D eigenvalue weighted by Gasteiger charge is -1.96. The Kier molecular flexibility index (Phi) is 2.26. The molecule has 0 amide bonds. The molecule has 66 valence electrons. The van der Waals surface area contributed by atoms with E-state index in [1.807, 2.05) is 0 Å². The van der Waals surface area contributed by atoms with Gasteiger partial charge in [-0.2, -0.15) is 0 Å². The van der Waals surface area contributed by atoms with Crippen LogP contribution in [0.3, 0.4) is 0 Å². The number of pyridine rings is 1. The van der Waals surface area contributed by atoms with Gasteiger partial charge >= 0.3 is 0 Å². The van der Waals surface area contributed by atoms with Gasteiger partial charge in [0.2, 0.25) is 0 Å². The van der Waals surface area contributed by atoms with E-state index in [0.29, 0.717) is 0 Å². The molecule has 0 fully saturated rings. The predicted molar refractivity (Wildman–Crippen MR) is 54.4 cm³/mol. The van der Waals surface area contributed by atoms with Gasteiger partial charge in [0.05, 0.1) is 0 Å². The molecule has 0 aliphatic rings. The van der Waals surface area contributed by atoms with Crippen molar-refractivity contribution in [3.8, 4) is 0 Å². The molecule has 13 heavy (non-hydrogen) atoms. The zero-order valence-corrected chi connectivity index (χ0v) is 7.90. The van der Waals surface area contributed by atoms with Crippen LogP contribution in [0.25, 0.3) is 10.8 Å². The molecule has 1 nitrogen and oxygen atoms in total. The SMILES string of the molecule is CCC[n+]1ccc2ccccc2c1. The van der Waals surface area contributed by atoms with Gasteiger partial charge in [-0.1, -0.05) is 25.1 Å². The van der Waals surface area contributed by atoms with Crippen LogP contribution in [0.1, 0.15) is 13.3 Å². The Labute approximate surface area is 78.6 Å². The number of benzene rings is 1. The first-order valence-electron chi connectivity index (χ1n) is 4.78. The number of nitrogens with zero attached hydrogens (tertiary/aromatic N) is 1. The van der Waals surface area contributed by atoms with Crippen molar-refractivity contribution in [2.24, 2.45) is 0 Å². The highest BCUT2D eigenvalue weighted by Crippen LogP contribution is 2.09. The topological polar surface area (TPSA) is 3.88 Å². The van der Waals surface area contributed by atoms with Gasteiger partial charge in [-0.3, -0.25) is 0 Å². The Bertz CT molecular complexity index is 407. The van der Waals surface area contributed by atoms with Crippen LogP contribution in [0.4, 0.5) is 0 Å². The summed E-state index contributed by atoms with van der Waals surface area (Å²) in [6, 6.07) is 10.6. The van der Waals surface area contributed by atoms with Crippen LogP contribution < -0.4 is 4.57 Å². The number of aromatic nitrogens is 1. The predicted octanol–water partition coefficient (Wildman–Crippen LogP) is 2.54. The molecule has 0 aliphatic heterocycles. The molecular weight excluding hydrogens is 158 g/mol.